The lowest BCUT2D eigenvalue weighted by Gasteiger charge is -2.36. The zero-order chi connectivity index (χ0) is 15.2. The summed E-state index contributed by atoms with van der Waals surface area (Å²) in [7, 11) is 0. The molecule has 1 aromatic heterocycles. The van der Waals surface area contributed by atoms with Crippen molar-refractivity contribution >= 4 is 12.0 Å². The lowest BCUT2D eigenvalue weighted by Crippen LogP contribution is -2.53. The maximum Gasteiger partial charge on any atom is 0.326 e. The Hall–Kier alpha value is -2.11. The Balaban J connectivity index is 1.95. The largest absolute Gasteiger partial charge is 0.480 e. The van der Waals surface area contributed by atoms with Crippen molar-refractivity contribution in [1.82, 2.24) is 15.2 Å². The van der Waals surface area contributed by atoms with Crippen molar-refractivity contribution in [3.8, 4) is 0 Å². The summed E-state index contributed by atoms with van der Waals surface area (Å²) in [4.78, 5) is 29.0. The number of piperidine rings is 1. The molecule has 1 fully saturated rings. The van der Waals surface area contributed by atoms with Crippen LogP contribution in [-0.2, 0) is 11.3 Å². The standard InChI is InChI=1S/C15H21N3O3/c1-2-11-5-7-18(13(8-11)14(19)20)15(21)17-10-12-4-3-6-16-9-12/h3-4,6,9,11,13H,2,5,7-8,10H2,1H3,(H,17,21)(H,19,20). The number of hydrogen-bond acceptors (Lipinski definition) is 3. The molecule has 2 rings (SSSR count). The Kier molecular flexibility index (Phi) is 5.14. The molecule has 2 amide bonds. The zero-order valence-electron chi connectivity index (χ0n) is 12.2. The van der Waals surface area contributed by atoms with Gasteiger partial charge in [0.25, 0.3) is 0 Å². The van der Waals surface area contributed by atoms with Crippen molar-refractivity contribution in [3.63, 3.8) is 0 Å². The Morgan fingerprint density at radius 3 is 2.95 bits per heavy atom. The first-order valence-corrected chi connectivity index (χ1v) is 7.28. The van der Waals surface area contributed by atoms with Crippen LogP contribution >= 0.6 is 0 Å². The van der Waals surface area contributed by atoms with Crippen molar-refractivity contribution in [3.05, 3.63) is 30.1 Å². The smallest absolute Gasteiger partial charge is 0.326 e. The van der Waals surface area contributed by atoms with E-state index < -0.39 is 12.0 Å². The summed E-state index contributed by atoms with van der Waals surface area (Å²) in [6.45, 7) is 2.91. The predicted octanol–water partition coefficient (Wildman–Crippen LogP) is 1.87. The summed E-state index contributed by atoms with van der Waals surface area (Å²) >= 11 is 0. The van der Waals surface area contributed by atoms with Crippen LogP contribution < -0.4 is 5.32 Å². The fourth-order valence-electron chi connectivity index (χ4n) is 2.67. The number of rotatable bonds is 4. The van der Waals surface area contributed by atoms with Gasteiger partial charge in [0.1, 0.15) is 6.04 Å². The number of aromatic nitrogens is 1. The van der Waals surface area contributed by atoms with Crippen LogP contribution in [0.1, 0.15) is 31.7 Å². The van der Waals surface area contributed by atoms with Crippen molar-refractivity contribution in [2.75, 3.05) is 6.54 Å². The molecule has 0 aromatic carbocycles. The molecule has 6 heteroatoms. The van der Waals surface area contributed by atoms with E-state index in [-0.39, 0.29) is 6.03 Å². The van der Waals surface area contributed by atoms with Crippen molar-refractivity contribution in [2.24, 2.45) is 5.92 Å². The number of aliphatic carboxylic acids is 1. The van der Waals surface area contributed by atoms with E-state index in [0.717, 1.165) is 18.4 Å². The second kappa shape index (κ2) is 7.06. The van der Waals surface area contributed by atoms with Crippen LogP contribution in [0.3, 0.4) is 0 Å². The van der Waals surface area contributed by atoms with Crippen molar-refractivity contribution in [1.29, 1.82) is 0 Å². The van der Waals surface area contributed by atoms with Gasteiger partial charge >= 0.3 is 12.0 Å². The molecule has 0 spiro atoms. The van der Waals surface area contributed by atoms with Gasteiger partial charge in [0, 0.05) is 25.5 Å². The Morgan fingerprint density at radius 2 is 2.33 bits per heavy atom. The number of pyridine rings is 1. The third kappa shape index (κ3) is 3.93. The summed E-state index contributed by atoms with van der Waals surface area (Å²) in [6.07, 6.45) is 5.70. The van der Waals surface area contributed by atoms with Crippen molar-refractivity contribution in [2.45, 2.75) is 38.8 Å². The molecule has 6 nitrogen and oxygen atoms in total. The average Bonchev–Trinajstić information content (AvgIpc) is 2.52. The summed E-state index contributed by atoms with van der Waals surface area (Å²) in [5.41, 5.74) is 0.890. The molecular weight excluding hydrogens is 270 g/mol. The molecule has 21 heavy (non-hydrogen) atoms. The Labute approximate surface area is 124 Å². The maximum atomic E-state index is 12.2. The summed E-state index contributed by atoms with van der Waals surface area (Å²) in [6, 6.07) is 2.62. The van der Waals surface area contributed by atoms with Gasteiger partial charge < -0.3 is 15.3 Å². The van der Waals surface area contributed by atoms with E-state index in [0.29, 0.717) is 25.4 Å². The molecule has 0 saturated carbocycles. The molecule has 0 aliphatic carbocycles. The first-order valence-electron chi connectivity index (χ1n) is 7.28. The molecule has 0 radical (unpaired) electrons. The SMILES string of the molecule is CCC1CCN(C(=O)NCc2cccnc2)C(C(=O)O)C1. The van der Waals surface area contributed by atoms with Crippen LogP contribution in [-0.4, -0.2) is 39.6 Å². The highest BCUT2D eigenvalue weighted by Gasteiger charge is 2.35. The topological polar surface area (TPSA) is 82.5 Å². The lowest BCUT2D eigenvalue weighted by molar-refractivity contribution is -0.144. The van der Waals surface area contributed by atoms with Gasteiger partial charge in [0.2, 0.25) is 0 Å². The summed E-state index contributed by atoms with van der Waals surface area (Å²) in [5, 5.41) is 12.1. The minimum atomic E-state index is -0.926. The Morgan fingerprint density at radius 1 is 1.52 bits per heavy atom. The molecular formula is C15H21N3O3. The molecule has 0 bridgehead atoms. The lowest BCUT2D eigenvalue weighted by atomic mass is 9.89. The number of carbonyl (C=O) groups excluding carboxylic acids is 1. The van der Waals surface area contributed by atoms with E-state index in [4.69, 9.17) is 0 Å². The number of amides is 2. The van der Waals surface area contributed by atoms with Gasteiger partial charge in [-0.1, -0.05) is 19.4 Å². The molecule has 2 unspecified atom stereocenters. The number of likely N-dealkylation sites (tertiary alicyclic amines) is 1. The third-order valence-corrected chi connectivity index (χ3v) is 4.00. The predicted molar refractivity (Wildman–Crippen MR) is 77.6 cm³/mol. The quantitative estimate of drug-likeness (QED) is 0.887. The van der Waals surface area contributed by atoms with E-state index in [1.54, 1.807) is 18.5 Å². The minimum Gasteiger partial charge on any atom is -0.480 e. The summed E-state index contributed by atoms with van der Waals surface area (Å²) in [5.74, 6) is -0.543. The monoisotopic (exact) mass is 291 g/mol. The van der Waals surface area contributed by atoms with Crippen LogP contribution in [0.2, 0.25) is 0 Å². The first-order chi connectivity index (χ1) is 10.1. The normalized spacial score (nSPS) is 21.9. The highest BCUT2D eigenvalue weighted by Crippen LogP contribution is 2.25. The molecule has 1 aromatic rings. The van der Waals surface area contributed by atoms with Gasteiger partial charge in [0.05, 0.1) is 0 Å². The maximum absolute atomic E-state index is 12.2. The number of carboxylic acid groups (broad SMARTS) is 1. The molecule has 2 heterocycles. The number of nitrogens with one attached hydrogen (secondary N) is 1. The van der Waals surface area contributed by atoms with Gasteiger partial charge in [0.15, 0.2) is 0 Å². The molecule has 2 atom stereocenters. The van der Waals surface area contributed by atoms with E-state index in [2.05, 4.69) is 17.2 Å². The minimum absolute atomic E-state index is 0.319. The third-order valence-electron chi connectivity index (χ3n) is 4.00. The van der Waals surface area contributed by atoms with Gasteiger partial charge in [-0.05, 0) is 30.4 Å². The van der Waals surface area contributed by atoms with Gasteiger partial charge in [-0.15, -0.1) is 0 Å². The van der Waals surface area contributed by atoms with E-state index in [1.165, 1.54) is 4.90 Å². The summed E-state index contributed by atoms with van der Waals surface area (Å²) < 4.78 is 0. The number of urea groups is 1. The number of carbonyl (C=O) groups is 2. The average molecular weight is 291 g/mol. The van der Waals surface area contributed by atoms with Gasteiger partial charge in [-0.25, -0.2) is 9.59 Å². The second-order valence-corrected chi connectivity index (χ2v) is 5.37. The number of hydrogen-bond donors (Lipinski definition) is 2. The fourth-order valence-corrected chi connectivity index (χ4v) is 2.67. The van der Waals surface area contributed by atoms with Gasteiger partial charge in [-0.3, -0.25) is 4.98 Å². The zero-order valence-corrected chi connectivity index (χ0v) is 12.2. The molecule has 1 aliphatic heterocycles. The molecule has 1 saturated heterocycles. The Bertz CT molecular complexity index is 492. The first kappa shape index (κ1) is 15.3. The van der Waals surface area contributed by atoms with Crippen LogP contribution in [0.5, 0.6) is 0 Å². The number of carboxylic acids is 1. The van der Waals surface area contributed by atoms with Gasteiger partial charge in [-0.2, -0.15) is 0 Å². The molecule has 1 aliphatic rings. The van der Waals surface area contributed by atoms with Crippen LogP contribution in [0.4, 0.5) is 4.79 Å². The highest BCUT2D eigenvalue weighted by molar-refractivity contribution is 5.82. The van der Waals surface area contributed by atoms with Crippen LogP contribution in [0.25, 0.3) is 0 Å². The van der Waals surface area contributed by atoms with E-state index >= 15 is 0 Å². The second-order valence-electron chi connectivity index (χ2n) is 5.37. The molecule has 114 valence electrons. The van der Waals surface area contributed by atoms with E-state index in [9.17, 15) is 14.7 Å². The molecule has 2 N–H and O–H groups in total. The van der Waals surface area contributed by atoms with E-state index in [1.807, 2.05) is 6.07 Å². The van der Waals surface area contributed by atoms with Crippen LogP contribution in [0.15, 0.2) is 24.5 Å². The van der Waals surface area contributed by atoms with Crippen LogP contribution in [0, 0.1) is 5.92 Å². The van der Waals surface area contributed by atoms with Crippen molar-refractivity contribution < 1.29 is 14.7 Å². The highest BCUT2D eigenvalue weighted by atomic mass is 16.4. The number of nitrogens with zero attached hydrogens (tertiary/aromatic N) is 2. The fraction of sp³-hybridized carbons (Fsp3) is 0.533.